The fourth-order valence-corrected chi connectivity index (χ4v) is 4.89. The highest BCUT2D eigenvalue weighted by atomic mass is 35.5. The maximum atomic E-state index is 6.50. The lowest BCUT2D eigenvalue weighted by Gasteiger charge is -2.32. The first kappa shape index (κ1) is 22.8. The van der Waals surface area contributed by atoms with E-state index >= 15 is 0 Å². The van der Waals surface area contributed by atoms with Crippen molar-refractivity contribution in [2.24, 2.45) is 20.9 Å². The van der Waals surface area contributed by atoms with E-state index in [-0.39, 0.29) is 17.6 Å². The topological polar surface area (TPSA) is 105 Å². The Morgan fingerprint density at radius 3 is 2.92 bits per heavy atom. The molecule has 2 aromatic rings. The van der Waals surface area contributed by atoms with Crippen LogP contribution in [0.5, 0.6) is 11.5 Å². The molecular formula is C26H26ClN7O2. The van der Waals surface area contributed by atoms with Crippen molar-refractivity contribution in [2.45, 2.75) is 24.5 Å². The van der Waals surface area contributed by atoms with Crippen LogP contribution in [-0.4, -0.2) is 54.5 Å². The summed E-state index contributed by atoms with van der Waals surface area (Å²) in [5, 5.41) is 10.6. The summed E-state index contributed by atoms with van der Waals surface area (Å²) in [6, 6.07) is 9.72. The molecule has 3 N–H and O–H groups in total. The first-order valence-corrected chi connectivity index (χ1v) is 12.4. The molecule has 0 saturated carbocycles. The summed E-state index contributed by atoms with van der Waals surface area (Å²) in [4.78, 5) is 17.7. The SMILES string of the molecule is Clc1cc(NC2=NC=NC3C=CC(NC4=NCC5(CCNCC5)O4)=CC23)ccc1Oc1cccnc1. The van der Waals surface area contributed by atoms with Gasteiger partial charge in [-0.15, -0.1) is 0 Å². The highest BCUT2D eigenvalue weighted by Crippen LogP contribution is 2.33. The maximum absolute atomic E-state index is 6.50. The Bertz CT molecular complexity index is 1280. The third-order valence-electron chi connectivity index (χ3n) is 6.61. The predicted octanol–water partition coefficient (Wildman–Crippen LogP) is 3.92. The van der Waals surface area contributed by atoms with E-state index in [2.05, 4.69) is 48.1 Å². The van der Waals surface area contributed by atoms with Gasteiger partial charge in [0.05, 0.1) is 29.7 Å². The summed E-state index contributed by atoms with van der Waals surface area (Å²) in [5.74, 6) is 1.88. The molecule has 9 nitrogen and oxygen atoms in total. The second-order valence-electron chi connectivity index (χ2n) is 9.12. The molecule has 1 saturated heterocycles. The quantitative estimate of drug-likeness (QED) is 0.584. The molecular weight excluding hydrogens is 478 g/mol. The molecule has 6 rings (SSSR count). The monoisotopic (exact) mass is 503 g/mol. The number of halogens is 1. The standard InChI is InChI=1S/C26H26ClN7O2/c27-21-13-18(4-6-23(21)35-19-2-1-9-29-14-19)33-24-20-12-17(3-5-22(20)31-16-32-24)34-25-30-15-26(36-25)7-10-28-11-8-26/h1-6,9,12-14,16,20,22,28H,7-8,10-11,15H2,(H,30,34)(H,31,32,33). The second kappa shape index (κ2) is 9.75. The number of aliphatic imine (C=N–C) groups is 3. The van der Waals surface area contributed by atoms with Gasteiger partial charge in [0, 0.05) is 30.4 Å². The van der Waals surface area contributed by atoms with E-state index in [0.29, 0.717) is 29.1 Å². The molecule has 184 valence electrons. The maximum Gasteiger partial charge on any atom is 0.289 e. The van der Waals surface area contributed by atoms with Gasteiger partial charge in [-0.1, -0.05) is 17.7 Å². The Hall–Kier alpha value is -3.69. The van der Waals surface area contributed by atoms with Crippen molar-refractivity contribution in [3.63, 3.8) is 0 Å². The number of piperidine rings is 1. The first-order valence-electron chi connectivity index (χ1n) is 12.0. The molecule has 1 aromatic heterocycles. The van der Waals surface area contributed by atoms with Gasteiger partial charge in [-0.2, -0.15) is 0 Å². The van der Waals surface area contributed by atoms with Gasteiger partial charge in [0.15, 0.2) is 0 Å². The molecule has 0 bridgehead atoms. The van der Waals surface area contributed by atoms with Gasteiger partial charge < -0.3 is 25.4 Å². The first-order chi connectivity index (χ1) is 17.7. The lowest BCUT2D eigenvalue weighted by Crippen LogP contribution is -2.45. The minimum atomic E-state index is -0.176. The number of ether oxygens (including phenoxy) is 2. The molecule has 0 radical (unpaired) electrons. The van der Waals surface area contributed by atoms with E-state index in [1.54, 1.807) is 18.7 Å². The molecule has 4 aliphatic rings. The molecule has 0 amide bonds. The zero-order chi connectivity index (χ0) is 24.4. The molecule has 2 unspecified atom stereocenters. The van der Waals surface area contributed by atoms with Crippen LogP contribution < -0.4 is 20.7 Å². The highest BCUT2D eigenvalue weighted by molar-refractivity contribution is 6.32. The van der Waals surface area contributed by atoms with E-state index in [0.717, 1.165) is 43.2 Å². The number of benzene rings is 1. The molecule has 1 spiro atoms. The number of nitrogens with zero attached hydrogens (tertiary/aromatic N) is 4. The summed E-state index contributed by atoms with van der Waals surface area (Å²) in [7, 11) is 0. The number of anilines is 1. The number of pyridine rings is 1. The van der Waals surface area contributed by atoms with Crippen LogP contribution in [0.1, 0.15) is 12.8 Å². The average Bonchev–Trinajstić information content (AvgIpc) is 3.28. The van der Waals surface area contributed by atoms with Gasteiger partial charge in [0.1, 0.15) is 29.3 Å². The van der Waals surface area contributed by atoms with Crippen LogP contribution >= 0.6 is 11.6 Å². The van der Waals surface area contributed by atoms with Gasteiger partial charge in [-0.3, -0.25) is 9.98 Å². The average molecular weight is 504 g/mol. The Morgan fingerprint density at radius 2 is 2.08 bits per heavy atom. The number of aromatic nitrogens is 1. The molecule has 3 aliphatic heterocycles. The molecule has 1 fully saturated rings. The molecule has 10 heteroatoms. The number of amidine groups is 2. The molecule has 1 aliphatic carbocycles. The summed E-state index contributed by atoms with van der Waals surface area (Å²) < 4.78 is 12.1. The summed E-state index contributed by atoms with van der Waals surface area (Å²) in [5.41, 5.74) is 1.54. The summed E-state index contributed by atoms with van der Waals surface area (Å²) in [6.45, 7) is 2.61. The van der Waals surface area contributed by atoms with Crippen LogP contribution in [0.2, 0.25) is 5.02 Å². The fourth-order valence-electron chi connectivity index (χ4n) is 4.67. The number of hydrogen-bond acceptors (Lipinski definition) is 9. The van der Waals surface area contributed by atoms with Gasteiger partial charge in [0.25, 0.3) is 6.02 Å². The van der Waals surface area contributed by atoms with Crippen molar-refractivity contribution in [3.8, 4) is 11.5 Å². The minimum absolute atomic E-state index is 0.0404. The third-order valence-corrected chi connectivity index (χ3v) is 6.90. The number of hydrogen-bond donors (Lipinski definition) is 3. The normalized spacial score (nSPS) is 23.8. The van der Waals surface area contributed by atoms with E-state index in [1.807, 2.05) is 36.4 Å². The van der Waals surface area contributed by atoms with Gasteiger partial charge in [-0.25, -0.2) is 9.98 Å². The van der Waals surface area contributed by atoms with Crippen LogP contribution in [0.4, 0.5) is 5.69 Å². The zero-order valence-corrected chi connectivity index (χ0v) is 20.3. The Labute approximate surface area is 214 Å². The fraction of sp³-hybridized carbons (Fsp3) is 0.308. The second-order valence-corrected chi connectivity index (χ2v) is 9.53. The van der Waals surface area contributed by atoms with E-state index in [4.69, 9.17) is 21.1 Å². The van der Waals surface area contributed by atoms with Crippen LogP contribution in [0.15, 0.2) is 81.6 Å². The number of nitrogens with one attached hydrogen (secondary N) is 3. The van der Waals surface area contributed by atoms with E-state index in [1.165, 1.54) is 0 Å². The van der Waals surface area contributed by atoms with Gasteiger partial charge in [-0.05, 0) is 55.6 Å². The van der Waals surface area contributed by atoms with Crippen LogP contribution in [0.3, 0.4) is 0 Å². The molecule has 2 atom stereocenters. The van der Waals surface area contributed by atoms with E-state index in [9.17, 15) is 0 Å². The van der Waals surface area contributed by atoms with Crippen molar-refractivity contribution in [2.75, 3.05) is 25.0 Å². The third kappa shape index (κ3) is 4.84. The Balaban J connectivity index is 1.13. The van der Waals surface area contributed by atoms with Crippen molar-refractivity contribution in [3.05, 3.63) is 71.7 Å². The Morgan fingerprint density at radius 1 is 1.17 bits per heavy atom. The lowest BCUT2D eigenvalue weighted by atomic mass is 9.92. The highest BCUT2D eigenvalue weighted by Gasteiger charge is 2.39. The lowest BCUT2D eigenvalue weighted by molar-refractivity contribution is 0.0503. The Kier molecular flexibility index (Phi) is 6.16. The van der Waals surface area contributed by atoms with E-state index < -0.39 is 0 Å². The molecule has 4 heterocycles. The predicted molar refractivity (Wildman–Crippen MR) is 141 cm³/mol. The number of allylic oxidation sites excluding steroid dienone is 1. The number of rotatable bonds is 4. The van der Waals surface area contributed by atoms with Crippen molar-refractivity contribution < 1.29 is 9.47 Å². The van der Waals surface area contributed by atoms with Gasteiger partial charge in [0.2, 0.25) is 0 Å². The number of fused-ring (bicyclic) bond motifs is 1. The van der Waals surface area contributed by atoms with Crippen LogP contribution in [0, 0.1) is 5.92 Å². The van der Waals surface area contributed by atoms with Crippen molar-refractivity contribution >= 4 is 35.5 Å². The summed E-state index contributed by atoms with van der Waals surface area (Å²) in [6.07, 6.45) is 13.0. The molecule has 36 heavy (non-hydrogen) atoms. The zero-order valence-electron chi connectivity index (χ0n) is 19.5. The van der Waals surface area contributed by atoms with Crippen LogP contribution in [-0.2, 0) is 4.74 Å². The van der Waals surface area contributed by atoms with Crippen LogP contribution in [0.25, 0.3) is 0 Å². The van der Waals surface area contributed by atoms with Gasteiger partial charge >= 0.3 is 0 Å². The smallest absolute Gasteiger partial charge is 0.289 e. The molecule has 1 aromatic carbocycles. The largest absolute Gasteiger partial charge is 0.456 e. The summed E-state index contributed by atoms with van der Waals surface area (Å²) >= 11 is 6.50. The minimum Gasteiger partial charge on any atom is -0.456 e. The van der Waals surface area contributed by atoms with Crippen molar-refractivity contribution in [1.82, 2.24) is 15.6 Å². The van der Waals surface area contributed by atoms with Crippen molar-refractivity contribution in [1.29, 1.82) is 0 Å².